The highest BCUT2D eigenvalue weighted by Gasteiger charge is 2.13. The van der Waals surface area contributed by atoms with Crippen LogP contribution in [-0.2, 0) is 0 Å². The number of hydrogen-bond donors (Lipinski definition) is 0. The zero-order valence-corrected chi connectivity index (χ0v) is 12.1. The lowest BCUT2D eigenvalue weighted by molar-refractivity contribution is 0.626. The molecule has 1 heterocycles. The van der Waals surface area contributed by atoms with Gasteiger partial charge < -0.3 is 4.90 Å². The van der Waals surface area contributed by atoms with E-state index in [1.807, 2.05) is 6.92 Å². The summed E-state index contributed by atoms with van der Waals surface area (Å²) in [6, 6.07) is 5.41. The summed E-state index contributed by atoms with van der Waals surface area (Å²) in [5.74, 6) is -0.388. The lowest BCUT2D eigenvalue weighted by Gasteiger charge is -2.16. The Kier molecular flexibility index (Phi) is 4.55. The minimum atomic E-state index is -0.489. The SMILES string of the molecule is C=CN(/C=C\C)c1cnn(-c2ccc(F)cc2)c(=O)c1Cl. The minimum Gasteiger partial charge on any atom is -0.322 e. The fourth-order valence-corrected chi connectivity index (χ4v) is 2.00. The molecular weight excluding hydrogens is 293 g/mol. The molecule has 0 unspecified atom stereocenters. The molecule has 0 bridgehead atoms. The number of nitrogens with zero attached hydrogens (tertiary/aromatic N) is 3. The van der Waals surface area contributed by atoms with Crippen molar-refractivity contribution in [3.63, 3.8) is 0 Å². The molecule has 2 aromatic rings. The molecule has 0 spiro atoms. The Bertz CT molecular complexity index is 738. The van der Waals surface area contributed by atoms with Crippen molar-refractivity contribution in [1.29, 1.82) is 0 Å². The largest absolute Gasteiger partial charge is 0.322 e. The quantitative estimate of drug-likeness (QED) is 0.867. The second-order valence-corrected chi connectivity index (χ2v) is 4.49. The van der Waals surface area contributed by atoms with Gasteiger partial charge in [0.1, 0.15) is 10.8 Å². The van der Waals surface area contributed by atoms with Crippen molar-refractivity contribution in [3.05, 3.63) is 76.7 Å². The van der Waals surface area contributed by atoms with Gasteiger partial charge in [-0.3, -0.25) is 4.79 Å². The molecule has 0 aliphatic carbocycles. The summed E-state index contributed by atoms with van der Waals surface area (Å²) < 4.78 is 14.0. The Hall–Kier alpha value is -2.40. The number of benzene rings is 1. The van der Waals surface area contributed by atoms with Crippen molar-refractivity contribution in [2.45, 2.75) is 6.92 Å². The predicted octanol–water partition coefficient (Wildman–Crippen LogP) is 3.51. The van der Waals surface area contributed by atoms with Crippen LogP contribution in [0.4, 0.5) is 10.1 Å². The topological polar surface area (TPSA) is 38.1 Å². The van der Waals surface area contributed by atoms with E-state index in [0.29, 0.717) is 11.4 Å². The first kappa shape index (κ1) is 15.0. The maximum absolute atomic E-state index is 12.9. The third-order valence-corrected chi connectivity index (χ3v) is 3.11. The van der Waals surface area contributed by atoms with Crippen LogP contribution in [0.25, 0.3) is 5.69 Å². The van der Waals surface area contributed by atoms with Gasteiger partial charge in [0.15, 0.2) is 0 Å². The average molecular weight is 306 g/mol. The molecule has 1 aromatic carbocycles. The van der Waals surface area contributed by atoms with E-state index in [-0.39, 0.29) is 10.8 Å². The van der Waals surface area contributed by atoms with Crippen LogP contribution in [0.3, 0.4) is 0 Å². The number of anilines is 1. The van der Waals surface area contributed by atoms with Gasteiger partial charge in [0, 0.05) is 12.4 Å². The van der Waals surface area contributed by atoms with Crippen molar-refractivity contribution in [2.75, 3.05) is 4.90 Å². The summed E-state index contributed by atoms with van der Waals surface area (Å²) in [6.45, 7) is 5.49. The highest BCUT2D eigenvalue weighted by atomic mass is 35.5. The molecule has 0 aliphatic rings. The highest BCUT2D eigenvalue weighted by molar-refractivity contribution is 6.33. The Morgan fingerprint density at radius 2 is 2.05 bits per heavy atom. The van der Waals surface area contributed by atoms with E-state index < -0.39 is 5.56 Å². The molecule has 4 nitrogen and oxygen atoms in total. The van der Waals surface area contributed by atoms with Gasteiger partial charge in [-0.2, -0.15) is 9.78 Å². The third-order valence-electron chi connectivity index (χ3n) is 2.76. The Labute approximate surface area is 126 Å². The van der Waals surface area contributed by atoms with E-state index in [9.17, 15) is 9.18 Å². The zero-order valence-electron chi connectivity index (χ0n) is 11.3. The number of halogens is 2. The van der Waals surface area contributed by atoms with Crippen LogP contribution in [0.2, 0.25) is 5.02 Å². The smallest absolute Gasteiger partial charge is 0.292 e. The van der Waals surface area contributed by atoms with Gasteiger partial charge in [0.25, 0.3) is 5.56 Å². The summed E-state index contributed by atoms with van der Waals surface area (Å²) in [7, 11) is 0. The molecule has 0 N–H and O–H groups in total. The fraction of sp³-hybridized carbons (Fsp3) is 0.0667. The predicted molar refractivity (Wildman–Crippen MR) is 82.3 cm³/mol. The second kappa shape index (κ2) is 6.37. The zero-order chi connectivity index (χ0) is 15.4. The van der Waals surface area contributed by atoms with Crippen molar-refractivity contribution < 1.29 is 4.39 Å². The van der Waals surface area contributed by atoms with E-state index in [0.717, 1.165) is 4.68 Å². The van der Waals surface area contributed by atoms with Gasteiger partial charge in [0.05, 0.1) is 17.6 Å². The van der Waals surface area contributed by atoms with Crippen LogP contribution in [0.15, 0.2) is 60.3 Å². The van der Waals surface area contributed by atoms with E-state index in [4.69, 9.17) is 11.6 Å². The first-order valence-corrected chi connectivity index (χ1v) is 6.53. The van der Waals surface area contributed by atoms with E-state index in [1.165, 1.54) is 36.7 Å². The summed E-state index contributed by atoms with van der Waals surface area (Å²) in [4.78, 5) is 13.9. The normalized spacial score (nSPS) is 10.8. The van der Waals surface area contributed by atoms with E-state index >= 15 is 0 Å². The third kappa shape index (κ3) is 3.03. The Morgan fingerprint density at radius 1 is 1.38 bits per heavy atom. The molecule has 21 heavy (non-hydrogen) atoms. The fourth-order valence-electron chi connectivity index (χ4n) is 1.77. The van der Waals surface area contributed by atoms with Crippen LogP contribution in [0, 0.1) is 5.82 Å². The van der Waals surface area contributed by atoms with Crippen LogP contribution in [-0.4, -0.2) is 9.78 Å². The summed E-state index contributed by atoms with van der Waals surface area (Å²) in [5.41, 5.74) is 0.372. The summed E-state index contributed by atoms with van der Waals surface area (Å²) >= 11 is 6.12. The first-order chi connectivity index (χ1) is 10.1. The van der Waals surface area contributed by atoms with E-state index in [2.05, 4.69) is 11.7 Å². The van der Waals surface area contributed by atoms with Crippen LogP contribution >= 0.6 is 11.6 Å². The molecule has 1 aromatic heterocycles. The van der Waals surface area contributed by atoms with Crippen molar-refractivity contribution in [1.82, 2.24) is 9.78 Å². The standard InChI is InChI=1S/C15H13ClFN3O/c1-3-9-19(4-2)13-10-18-20(15(21)14(13)16)12-7-5-11(17)6-8-12/h3-10H,2H2,1H3/b9-3-. The molecule has 2 rings (SSSR count). The minimum absolute atomic E-state index is 0.00678. The molecule has 108 valence electrons. The van der Waals surface area contributed by atoms with Crippen molar-refractivity contribution in [3.8, 4) is 5.69 Å². The van der Waals surface area contributed by atoms with Gasteiger partial charge >= 0.3 is 0 Å². The lowest BCUT2D eigenvalue weighted by Crippen LogP contribution is -2.24. The van der Waals surface area contributed by atoms with Crippen LogP contribution in [0.5, 0.6) is 0 Å². The Balaban J connectivity index is 2.54. The summed E-state index contributed by atoms with van der Waals surface area (Å²) in [6.07, 6.45) is 6.46. The first-order valence-electron chi connectivity index (χ1n) is 6.16. The molecule has 0 radical (unpaired) electrons. The Morgan fingerprint density at radius 3 is 2.62 bits per heavy atom. The molecule has 0 atom stereocenters. The highest BCUT2D eigenvalue weighted by Crippen LogP contribution is 2.22. The number of rotatable bonds is 4. The maximum Gasteiger partial charge on any atom is 0.292 e. The molecule has 0 saturated carbocycles. The monoisotopic (exact) mass is 305 g/mol. The maximum atomic E-state index is 12.9. The number of allylic oxidation sites excluding steroid dienone is 1. The van der Waals surface area contributed by atoms with Gasteiger partial charge in [0.2, 0.25) is 0 Å². The average Bonchev–Trinajstić information content (AvgIpc) is 2.49. The van der Waals surface area contributed by atoms with Gasteiger partial charge in [-0.25, -0.2) is 4.39 Å². The van der Waals surface area contributed by atoms with Gasteiger partial charge in [-0.15, -0.1) is 0 Å². The lowest BCUT2D eigenvalue weighted by atomic mass is 10.3. The van der Waals surface area contributed by atoms with Crippen molar-refractivity contribution in [2.24, 2.45) is 0 Å². The number of aromatic nitrogens is 2. The summed E-state index contributed by atoms with van der Waals surface area (Å²) in [5, 5.41) is 4.07. The molecule has 0 fully saturated rings. The molecule has 0 amide bonds. The molecule has 0 saturated heterocycles. The molecule has 6 heteroatoms. The van der Waals surface area contributed by atoms with Gasteiger partial charge in [-0.1, -0.05) is 24.3 Å². The van der Waals surface area contributed by atoms with Gasteiger partial charge in [-0.05, 0) is 31.2 Å². The van der Waals surface area contributed by atoms with Crippen molar-refractivity contribution >= 4 is 17.3 Å². The molecular formula is C15H13ClFN3O. The van der Waals surface area contributed by atoms with E-state index in [1.54, 1.807) is 17.2 Å². The van der Waals surface area contributed by atoms with Crippen LogP contribution < -0.4 is 10.5 Å². The molecule has 0 aliphatic heterocycles. The van der Waals surface area contributed by atoms with Crippen LogP contribution in [0.1, 0.15) is 6.92 Å². The number of hydrogen-bond acceptors (Lipinski definition) is 3. The second-order valence-electron chi connectivity index (χ2n) is 4.11.